The van der Waals surface area contributed by atoms with Crippen LogP contribution in [0.2, 0.25) is 0 Å². The second kappa shape index (κ2) is 9.15. The minimum absolute atomic E-state index is 0.0358. The number of aromatic nitrogens is 1. The molecule has 5 nitrogen and oxygen atoms in total. The molecule has 0 aliphatic heterocycles. The SMILES string of the molecule is Cc1ccccc1NC(=O)/C(C#N)=C\c1ccc(OCc2ccncc2)cc1. The maximum absolute atomic E-state index is 12.4. The van der Waals surface area contributed by atoms with Crippen molar-refractivity contribution in [1.82, 2.24) is 4.98 Å². The molecule has 1 aromatic heterocycles. The summed E-state index contributed by atoms with van der Waals surface area (Å²) in [5, 5.41) is 12.1. The number of hydrogen-bond acceptors (Lipinski definition) is 4. The number of aryl methyl sites for hydroxylation is 1. The van der Waals surface area contributed by atoms with Gasteiger partial charge in [-0.25, -0.2) is 0 Å². The second-order valence-electron chi connectivity index (χ2n) is 6.15. The molecular formula is C23H19N3O2. The molecule has 0 spiro atoms. The van der Waals surface area contributed by atoms with Gasteiger partial charge in [0.1, 0.15) is 24.0 Å². The number of amides is 1. The molecule has 3 aromatic rings. The maximum Gasteiger partial charge on any atom is 0.266 e. The van der Waals surface area contributed by atoms with Crippen molar-refractivity contribution in [2.75, 3.05) is 5.32 Å². The number of pyridine rings is 1. The molecule has 0 saturated heterocycles. The lowest BCUT2D eigenvalue weighted by Gasteiger charge is -2.08. The number of ether oxygens (including phenoxy) is 1. The van der Waals surface area contributed by atoms with Crippen LogP contribution < -0.4 is 10.1 Å². The van der Waals surface area contributed by atoms with E-state index in [1.165, 1.54) is 0 Å². The average Bonchev–Trinajstić information content (AvgIpc) is 2.73. The molecule has 0 unspecified atom stereocenters. The van der Waals surface area contributed by atoms with Gasteiger partial charge in [-0.1, -0.05) is 30.3 Å². The molecule has 1 heterocycles. The highest BCUT2D eigenvalue weighted by Crippen LogP contribution is 2.18. The Morgan fingerprint density at radius 2 is 1.82 bits per heavy atom. The van der Waals surface area contributed by atoms with Crippen molar-refractivity contribution in [3.8, 4) is 11.8 Å². The van der Waals surface area contributed by atoms with E-state index in [-0.39, 0.29) is 5.57 Å². The summed E-state index contributed by atoms with van der Waals surface area (Å²) in [6.07, 6.45) is 5.00. The van der Waals surface area contributed by atoms with Crippen molar-refractivity contribution < 1.29 is 9.53 Å². The molecule has 0 fully saturated rings. The van der Waals surface area contributed by atoms with E-state index in [4.69, 9.17) is 4.74 Å². The number of nitriles is 1. The fourth-order valence-corrected chi connectivity index (χ4v) is 2.52. The van der Waals surface area contributed by atoms with Gasteiger partial charge in [-0.2, -0.15) is 5.26 Å². The number of anilines is 1. The number of nitrogens with zero attached hydrogens (tertiary/aromatic N) is 2. The lowest BCUT2D eigenvalue weighted by molar-refractivity contribution is -0.112. The molecule has 3 rings (SSSR count). The van der Waals surface area contributed by atoms with Gasteiger partial charge in [0.25, 0.3) is 5.91 Å². The first kappa shape index (κ1) is 18.9. The van der Waals surface area contributed by atoms with Gasteiger partial charge < -0.3 is 10.1 Å². The van der Waals surface area contributed by atoms with Gasteiger partial charge in [-0.3, -0.25) is 9.78 Å². The van der Waals surface area contributed by atoms with E-state index >= 15 is 0 Å². The van der Waals surface area contributed by atoms with Crippen LogP contribution in [0.1, 0.15) is 16.7 Å². The van der Waals surface area contributed by atoms with Crippen LogP contribution in [0.3, 0.4) is 0 Å². The summed E-state index contributed by atoms with van der Waals surface area (Å²) in [7, 11) is 0. The van der Waals surface area contributed by atoms with E-state index < -0.39 is 5.91 Å². The molecule has 0 saturated carbocycles. The molecule has 0 radical (unpaired) electrons. The topological polar surface area (TPSA) is 75.0 Å². The van der Waals surface area contributed by atoms with Crippen molar-refractivity contribution in [2.45, 2.75) is 13.5 Å². The predicted octanol–water partition coefficient (Wildman–Crippen LogP) is 4.51. The van der Waals surface area contributed by atoms with Gasteiger partial charge in [0.05, 0.1) is 0 Å². The summed E-state index contributed by atoms with van der Waals surface area (Å²) in [6.45, 7) is 2.34. The molecule has 0 bridgehead atoms. The quantitative estimate of drug-likeness (QED) is 0.512. The number of carbonyl (C=O) groups is 1. The van der Waals surface area contributed by atoms with Gasteiger partial charge in [-0.05, 0) is 60.0 Å². The standard InChI is InChI=1S/C23H19N3O2/c1-17-4-2-3-5-22(17)26-23(27)20(15-24)14-18-6-8-21(9-7-18)28-16-19-10-12-25-13-11-19/h2-14H,16H2,1H3,(H,26,27)/b20-14-. The normalized spacial score (nSPS) is 10.8. The highest BCUT2D eigenvalue weighted by Gasteiger charge is 2.10. The van der Waals surface area contributed by atoms with E-state index in [2.05, 4.69) is 10.3 Å². The number of hydrogen-bond donors (Lipinski definition) is 1. The highest BCUT2D eigenvalue weighted by atomic mass is 16.5. The fraction of sp³-hybridized carbons (Fsp3) is 0.0870. The molecule has 28 heavy (non-hydrogen) atoms. The molecule has 0 aliphatic rings. The first-order valence-electron chi connectivity index (χ1n) is 8.76. The van der Waals surface area contributed by atoms with Crippen molar-refractivity contribution >= 4 is 17.7 Å². The molecule has 5 heteroatoms. The summed E-state index contributed by atoms with van der Waals surface area (Å²) in [5.74, 6) is 0.270. The van der Waals surface area contributed by atoms with Crippen LogP contribution in [0.25, 0.3) is 6.08 Å². The molecule has 0 aliphatic carbocycles. The average molecular weight is 369 g/mol. The zero-order valence-corrected chi connectivity index (χ0v) is 15.4. The zero-order chi connectivity index (χ0) is 19.8. The van der Waals surface area contributed by atoms with Gasteiger partial charge in [0, 0.05) is 18.1 Å². The van der Waals surface area contributed by atoms with Gasteiger partial charge in [0.2, 0.25) is 0 Å². The predicted molar refractivity (Wildman–Crippen MR) is 108 cm³/mol. The van der Waals surface area contributed by atoms with E-state index in [0.717, 1.165) is 16.7 Å². The summed E-state index contributed by atoms with van der Waals surface area (Å²) >= 11 is 0. The largest absolute Gasteiger partial charge is 0.489 e. The van der Waals surface area contributed by atoms with Crippen LogP contribution in [0, 0.1) is 18.3 Å². The first-order valence-corrected chi connectivity index (χ1v) is 8.76. The smallest absolute Gasteiger partial charge is 0.266 e. The number of rotatable bonds is 6. The molecule has 2 aromatic carbocycles. The van der Waals surface area contributed by atoms with Crippen LogP contribution in [-0.2, 0) is 11.4 Å². The van der Waals surface area contributed by atoms with Crippen molar-refractivity contribution in [3.05, 3.63) is 95.3 Å². The van der Waals surface area contributed by atoms with E-state index in [1.54, 1.807) is 48.8 Å². The van der Waals surface area contributed by atoms with Crippen LogP contribution in [-0.4, -0.2) is 10.9 Å². The Labute approximate surface area is 163 Å². The Kier molecular flexibility index (Phi) is 6.17. The van der Waals surface area contributed by atoms with Crippen LogP contribution in [0.5, 0.6) is 5.75 Å². The van der Waals surface area contributed by atoms with E-state index in [0.29, 0.717) is 18.0 Å². The number of benzene rings is 2. The first-order chi connectivity index (χ1) is 13.7. The Morgan fingerprint density at radius 1 is 1.11 bits per heavy atom. The second-order valence-corrected chi connectivity index (χ2v) is 6.15. The minimum Gasteiger partial charge on any atom is -0.489 e. The Morgan fingerprint density at radius 3 is 2.50 bits per heavy atom. The van der Waals surface area contributed by atoms with Crippen molar-refractivity contribution in [2.24, 2.45) is 0 Å². The van der Waals surface area contributed by atoms with Gasteiger partial charge >= 0.3 is 0 Å². The van der Waals surface area contributed by atoms with Crippen molar-refractivity contribution in [3.63, 3.8) is 0 Å². The fourth-order valence-electron chi connectivity index (χ4n) is 2.52. The number of nitrogens with one attached hydrogen (secondary N) is 1. The summed E-state index contributed by atoms with van der Waals surface area (Å²) in [5.41, 5.74) is 3.43. The zero-order valence-electron chi connectivity index (χ0n) is 15.4. The molecule has 1 N–H and O–H groups in total. The lowest BCUT2D eigenvalue weighted by Crippen LogP contribution is -2.14. The number of para-hydroxylation sites is 1. The van der Waals surface area contributed by atoms with Gasteiger partial charge in [0.15, 0.2) is 0 Å². The number of carbonyl (C=O) groups excluding carboxylic acids is 1. The van der Waals surface area contributed by atoms with E-state index in [1.807, 2.05) is 43.3 Å². The monoisotopic (exact) mass is 369 g/mol. The Bertz CT molecular complexity index is 1020. The van der Waals surface area contributed by atoms with Crippen LogP contribution >= 0.6 is 0 Å². The third-order valence-electron chi connectivity index (χ3n) is 4.10. The van der Waals surface area contributed by atoms with Gasteiger partial charge in [-0.15, -0.1) is 0 Å². The maximum atomic E-state index is 12.4. The summed E-state index contributed by atoms with van der Waals surface area (Å²) in [6, 6.07) is 20.4. The summed E-state index contributed by atoms with van der Waals surface area (Å²) in [4.78, 5) is 16.4. The minimum atomic E-state index is -0.435. The highest BCUT2D eigenvalue weighted by molar-refractivity contribution is 6.09. The molecule has 138 valence electrons. The molecule has 1 amide bonds. The Balaban J connectivity index is 1.66. The van der Waals surface area contributed by atoms with Crippen LogP contribution in [0.15, 0.2) is 78.6 Å². The van der Waals surface area contributed by atoms with E-state index in [9.17, 15) is 10.1 Å². The summed E-state index contributed by atoms with van der Waals surface area (Å²) < 4.78 is 5.73. The lowest BCUT2D eigenvalue weighted by atomic mass is 10.1. The van der Waals surface area contributed by atoms with Crippen molar-refractivity contribution in [1.29, 1.82) is 5.26 Å². The molecule has 0 atom stereocenters. The third-order valence-corrected chi connectivity index (χ3v) is 4.10. The third kappa shape index (κ3) is 5.05. The van der Waals surface area contributed by atoms with Crippen LogP contribution in [0.4, 0.5) is 5.69 Å². The Hall–Kier alpha value is -3.91. The molecular weight excluding hydrogens is 350 g/mol.